The van der Waals surface area contributed by atoms with E-state index in [1.165, 1.54) is 5.52 Å². The predicted octanol–water partition coefficient (Wildman–Crippen LogP) is 4.49. The summed E-state index contributed by atoms with van der Waals surface area (Å²) in [5.41, 5.74) is 5.40. The SMILES string of the molecule is CCCCC(=O)Nc1cc(N2CCn3c(nc4ccccc43)C2)ccc1C. The van der Waals surface area contributed by atoms with E-state index in [-0.39, 0.29) is 5.91 Å². The molecule has 4 rings (SSSR count). The van der Waals surface area contributed by atoms with Crippen LogP contribution >= 0.6 is 0 Å². The first kappa shape index (κ1) is 17.6. The summed E-state index contributed by atoms with van der Waals surface area (Å²) < 4.78 is 2.31. The van der Waals surface area contributed by atoms with E-state index in [1.807, 2.05) is 13.0 Å². The van der Waals surface area contributed by atoms with Crippen molar-refractivity contribution in [1.82, 2.24) is 9.55 Å². The summed E-state index contributed by atoms with van der Waals surface area (Å²) in [4.78, 5) is 19.3. The number of benzene rings is 2. The topological polar surface area (TPSA) is 50.2 Å². The maximum Gasteiger partial charge on any atom is 0.224 e. The second-order valence-electron chi connectivity index (χ2n) is 7.24. The molecule has 1 N–H and O–H groups in total. The van der Waals surface area contributed by atoms with E-state index in [2.05, 4.69) is 58.1 Å². The highest BCUT2D eigenvalue weighted by Gasteiger charge is 2.20. The monoisotopic (exact) mass is 362 g/mol. The summed E-state index contributed by atoms with van der Waals surface area (Å²) in [6, 6.07) is 14.6. The van der Waals surface area contributed by atoms with Crippen LogP contribution in [0, 0.1) is 6.92 Å². The van der Waals surface area contributed by atoms with Crippen LogP contribution < -0.4 is 10.2 Å². The van der Waals surface area contributed by atoms with Gasteiger partial charge in [-0.3, -0.25) is 4.79 Å². The van der Waals surface area contributed by atoms with Crippen molar-refractivity contribution in [3.8, 4) is 0 Å². The van der Waals surface area contributed by atoms with E-state index in [0.29, 0.717) is 6.42 Å². The van der Waals surface area contributed by atoms with E-state index >= 15 is 0 Å². The number of fused-ring (bicyclic) bond motifs is 3. The Balaban J connectivity index is 1.55. The number of imidazole rings is 1. The number of unbranched alkanes of at least 4 members (excludes halogenated alkanes) is 1. The number of nitrogens with zero attached hydrogens (tertiary/aromatic N) is 3. The van der Waals surface area contributed by atoms with Crippen LogP contribution in [0.2, 0.25) is 0 Å². The fourth-order valence-corrected chi connectivity index (χ4v) is 3.68. The van der Waals surface area contributed by atoms with Crippen LogP contribution in [0.5, 0.6) is 0 Å². The molecule has 0 aliphatic carbocycles. The average Bonchev–Trinajstić information content (AvgIpc) is 3.06. The maximum atomic E-state index is 12.1. The van der Waals surface area contributed by atoms with Crippen LogP contribution in [0.1, 0.15) is 37.6 Å². The van der Waals surface area contributed by atoms with Gasteiger partial charge in [0.05, 0.1) is 17.6 Å². The minimum absolute atomic E-state index is 0.0949. The number of hydrogen-bond donors (Lipinski definition) is 1. The van der Waals surface area contributed by atoms with Crippen LogP contribution in [-0.4, -0.2) is 22.0 Å². The molecule has 0 unspecified atom stereocenters. The van der Waals surface area contributed by atoms with Crippen LogP contribution in [0.15, 0.2) is 42.5 Å². The van der Waals surface area contributed by atoms with E-state index in [9.17, 15) is 4.79 Å². The van der Waals surface area contributed by atoms with Crippen LogP contribution in [-0.2, 0) is 17.9 Å². The normalized spacial score (nSPS) is 13.6. The highest BCUT2D eigenvalue weighted by Crippen LogP contribution is 2.28. The minimum Gasteiger partial charge on any atom is -0.362 e. The Labute approximate surface area is 160 Å². The molecule has 0 atom stereocenters. The molecule has 0 saturated carbocycles. The van der Waals surface area contributed by atoms with Gasteiger partial charge in [-0.1, -0.05) is 31.5 Å². The molecule has 0 saturated heterocycles. The molecule has 3 aromatic rings. The Morgan fingerprint density at radius 2 is 2.04 bits per heavy atom. The standard InChI is InChI=1S/C22H26N4O/c1-3-4-9-22(27)24-19-14-17(11-10-16(19)2)25-12-13-26-20-8-6-5-7-18(20)23-21(26)15-25/h5-8,10-11,14H,3-4,9,12-13,15H2,1-2H3,(H,24,27). The van der Waals surface area contributed by atoms with Gasteiger partial charge in [0, 0.05) is 30.9 Å². The van der Waals surface area contributed by atoms with Crippen molar-refractivity contribution < 1.29 is 4.79 Å². The molecule has 0 bridgehead atoms. The fourth-order valence-electron chi connectivity index (χ4n) is 3.68. The molecule has 27 heavy (non-hydrogen) atoms. The number of aryl methyl sites for hydroxylation is 1. The first-order chi connectivity index (χ1) is 13.2. The molecule has 140 valence electrons. The second kappa shape index (κ2) is 7.43. The molecule has 1 aliphatic rings. The van der Waals surface area contributed by atoms with E-state index < -0.39 is 0 Å². The van der Waals surface area contributed by atoms with Crippen molar-refractivity contribution >= 4 is 28.3 Å². The van der Waals surface area contributed by atoms with Gasteiger partial charge >= 0.3 is 0 Å². The lowest BCUT2D eigenvalue weighted by molar-refractivity contribution is -0.116. The number of hydrogen-bond acceptors (Lipinski definition) is 3. The summed E-state index contributed by atoms with van der Waals surface area (Å²) in [5, 5.41) is 3.08. The maximum absolute atomic E-state index is 12.1. The Kier molecular flexibility index (Phi) is 4.84. The van der Waals surface area contributed by atoms with Gasteiger partial charge < -0.3 is 14.8 Å². The zero-order valence-corrected chi connectivity index (χ0v) is 16.0. The van der Waals surface area contributed by atoms with Crippen molar-refractivity contribution in [3.63, 3.8) is 0 Å². The van der Waals surface area contributed by atoms with Crippen LogP contribution in [0.3, 0.4) is 0 Å². The number of nitrogens with one attached hydrogen (secondary N) is 1. The lowest BCUT2D eigenvalue weighted by Gasteiger charge is -2.30. The van der Waals surface area contributed by atoms with Crippen molar-refractivity contribution in [2.75, 3.05) is 16.8 Å². The first-order valence-electron chi connectivity index (χ1n) is 9.75. The zero-order valence-electron chi connectivity index (χ0n) is 16.0. The molecule has 1 amide bonds. The number of rotatable bonds is 5. The molecular weight excluding hydrogens is 336 g/mol. The second-order valence-corrected chi connectivity index (χ2v) is 7.24. The lowest BCUT2D eigenvalue weighted by atomic mass is 10.1. The Bertz CT molecular complexity index is 976. The largest absolute Gasteiger partial charge is 0.362 e. The van der Waals surface area contributed by atoms with E-state index in [4.69, 9.17) is 4.98 Å². The van der Waals surface area contributed by atoms with Crippen molar-refractivity contribution in [3.05, 3.63) is 53.9 Å². The van der Waals surface area contributed by atoms with Gasteiger partial charge in [0.2, 0.25) is 5.91 Å². The van der Waals surface area contributed by atoms with Gasteiger partial charge in [-0.25, -0.2) is 4.98 Å². The third kappa shape index (κ3) is 3.54. The van der Waals surface area contributed by atoms with Crippen LogP contribution in [0.4, 0.5) is 11.4 Å². The van der Waals surface area contributed by atoms with E-state index in [1.54, 1.807) is 0 Å². The highest BCUT2D eigenvalue weighted by molar-refractivity contribution is 5.92. The Morgan fingerprint density at radius 1 is 1.19 bits per heavy atom. The van der Waals surface area contributed by atoms with Gasteiger partial charge in [-0.05, 0) is 43.2 Å². The summed E-state index contributed by atoms with van der Waals surface area (Å²) in [5.74, 6) is 1.19. The summed E-state index contributed by atoms with van der Waals surface area (Å²) >= 11 is 0. The molecule has 0 fully saturated rings. The lowest BCUT2D eigenvalue weighted by Crippen LogP contribution is -2.33. The average molecular weight is 362 g/mol. The zero-order chi connectivity index (χ0) is 18.8. The van der Waals surface area contributed by atoms with E-state index in [0.717, 1.165) is 60.8 Å². The molecule has 0 spiro atoms. The molecule has 0 radical (unpaired) electrons. The summed E-state index contributed by atoms with van der Waals surface area (Å²) in [6.07, 6.45) is 2.53. The summed E-state index contributed by atoms with van der Waals surface area (Å²) in [6.45, 7) is 6.76. The Hall–Kier alpha value is -2.82. The molecule has 5 heteroatoms. The molecule has 2 aromatic carbocycles. The molecule has 1 aliphatic heterocycles. The molecular formula is C22H26N4O. The molecule has 5 nitrogen and oxygen atoms in total. The minimum atomic E-state index is 0.0949. The number of para-hydroxylation sites is 2. The van der Waals surface area contributed by atoms with Gasteiger partial charge in [0.1, 0.15) is 5.82 Å². The van der Waals surface area contributed by atoms with Gasteiger partial charge in [0.15, 0.2) is 0 Å². The smallest absolute Gasteiger partial charge is 0.224 e. The molecule has 1 aromatic heterocycles. The predicted molar refractivity (Wildman–Crippen MR) is 110 cm³/mol. The number of aromatic nitrogens is 2. The van der Waals surface area contributed by atoms with Crippen molar-refractivity contribution in [2.24, 2.45) is 0 Å². The van der Waals surface area contributed by atoms with Crippen molar-refractivity contribution in [1.29, 1.82) is 0 Å². The van der Waals surface area contributed by atoms with Crippen LogP contribution in [0.25, 0.3) is 11.0 Å². The third-order valence-electron chi connectivity index (χ3n) is 5.28. The third-order valence-corrected chi connectivity index (χ3v) is 5.28. The number of anilines is 2. The first-order valence-corrected chi connectivity index (χ1v) is 9.75. The van der Waals surface area contributed by atoms with Gasteiger partial charge in [-0.15, -0.1) is 0 Å². The number of carbonyl (C=O) groups is 1. The van der Waals surface area contributed by atoms with Gasteiger partial charge in [-0.2, -0.15) is 0 Å². The number of amides is 1. The van der Waals surface area contributed by atoms with Crippen molar-refractivity contribution in [2.45, 2.75) is 46.2 Å². The van der Waals surface area contributed by atoms with Gasteiger partial charge in [0.25, 0.3) is 0 Å². The fraction of sp³-hybridized carbons (Fsp3) is 0.364. The number of carbonyl (C=O) groups excluding carboxylic acids is 1. The quantitative estimate of drug-likeness (QED) is 0.727. The Morgan fingerprint density at radius 3 is 2.89 bits per heavy atom. The molecule has 2 heterocycles. The highest BCUT2D eigenvalue weighted by atomic mass is 16.1. The summed E-state index contributed by atoms with van der Waals surface area (Å²) in [7, 11) is 0.